The summed E-state index contributed by atoms with van der Waals surface area (Å²) in [6, 6.07) is 9.33. The number of fused-ring (bicyclic) bond motifs is 2. The van der Waals surface area contributed by atoms with Crippen LogP contribution < -0.4 is 0 Å². The molecule has 0 aromatic heterocycles. The van der Waals surface area contributed by atoms with Crippen LogP contribution in [0.5, 0.6) is 0 Å². The lowest BCUT2D eigenvalue weighted by molar-refractivity contribution is 0.0923. The predicted octanol–water partition coefficient (Wildman–Crippen LogP) is 2.35. The fraction of sp³-hybridized carbons (Fsp3) is 0.588. The van der Waals surface area contributed by atoms with Crippen molar-refractivity contribution >= 4 is 5.78 Å². The Morgan fingerprint density at radius 1 is 1.25 bits per heavy atom. The quantitative estimate of drug-likeness (QED) is 0.789. The van der Waals surface area contributed by atoms with Crippen LogP contribution >= 0.6 is 0 Å². The Bertz CT molecular complexity index is 500. The minimum absolute atomic E-state index is 0.258. The molecule has 108 valence electrons. The lowest BCUT2D eigenvalue weighted by atomic mass is 10.1. The van der Waals surface area contributed by atoms with Crippen molar-refractivity contribution in [2.75, 3.05) is 26.7 Å². The maximum Gasteiger partial charge on any atom is 0.176 e. The van der Waals surface area contributed by atoms with E-state index >= 15 is 0 Å². The van der Waals surface area contributed by atoms with Gasteiger partial charge in [-0.25, -0.2) is 0 Å². The topological polar surface area (TPSA) is 23.6 Å². The monoisotopic (exact) mass is 272 g/mol. The van der Waals surface area contributed by atoms with Crippen molar-refractivity contribution in [2.45, 2.75) is 38.3 Å². The summed E-state index contributed by atoms with van der Waals surface area (Å²) < 4.78 is 0. The first kappa shape index (κ1) is 13.8. The lowest BCUT2D eigenvalue weighted by Crippen LogP contribution is -2.38. The van der Waals surface area contributed by atoms with Gasteiger partial charge in [0, 0.05) is 30.7 Å². The molecule has 0 amide bonds. The molecule has 0 saturated carbocycles. The van der Waals surface area contributed by atoms with Crippen LogP contribution in [0.4, 0.5) is 0 Å². The lowest BCUT2D eigenvalue weighted by Gasteiger charge is -2.25. The molecule has 2 aliphatic rings. The number of aryl methyl sites for hydroxylation is 1. The van der Waals surface area contributed by atoms with Gasteiger partial charge in [0.15, 0.2) is 5.78 Å². The molecular formula is C17H24N2O. The van der Waals surface area contributed by atoms with Crippen LogP contribution in [0, 0.1) is 6.92 Å². The Labute approximate surface area is 121 Å². The molecule has 2 bridgehead atoms. The van der Waals surface area contributed by atoms with Crippen molar-refractivity contribution in [3.8, 4) is 0 Å². The molecule has 1 aromatic carbocycles. The van der Waals surface area contributed by atoms with Crippen LogP contribution in [0.3, 0.4) is 0 Å². The van der Waals surface area contributed by atoms with E-state index in [1.165, 1.54) is 19.3 Å². The summed E-state index contributed by atoms with van der Waals surface area (Å²) in [5.74, 6) is 0.258. The van der Waals surface area contributed by atoms with Crippen molar-refractivity contribution in [2.24, 2.45) is 0 Å². The van der Waals surface area contributed by atoms with Crippen LogP contribution in [0.25, 0.3) is 0 Å². The first-order chi connectivity index (χ1) is 9.63. The maximum absolute atomic E-state index is 12.4. The molecule has 1 aromatic rings. The Morgan fingerprint density at radius 2 is 2.05 bits per heavy atom. The van der Waals surface area contributed by atoms with Gasteiger partial charge in [0.05, 0.1) is 6.54 Å². The van der Waals surface area contributed by atoms with E-state index in [1.807, 2.05) is 31.2 Å². The number of likely N-dealkylation sites (tertiary alicyclic amines) is 1. The number of likely N-dealkylation sites (N-methyl/N-ethyl adjacent to an activating group) is 1. The average Bonchev–Trinajstić information content (AvgIpc) is 2.67. The average molecular weight is 272 g/mol. The first-order valence-electron chi connectivity index (χ1n) is 7.67. The molecule has 20 heavy (non-hydrogen) atoms. The smallest absolute Gasteiger partial charge is 0.176 e. The third-order valence-electron chi connectivity index (χ3n) is 4.94. The van der Waals surface area contributed by atoms with Gasteiger partial charge in [-0.3, -0.25) is 14.6 Å². The normalized spacial score (nSPS) is 27.5. The summed E-state index contributed by atoms with van der Waals surface area (Å²) >= 11 is 0. The third kappa shape index (κ3) is 2.79. The van der Waals surface area contributed by atoms with E-state index in [9.17, 15) is 4.79 Å². The molecular weight excluding hydrogens is 248 g/mol. The SMILES string of the molecule is Cc1cccc(C(=O)CN2CCC3CCC(C2)N3C)c1. The molecule has 2 unspecified atom stereocenters. The van der Waals surface area contributed by atoms with Crippen molar-refractivity contribution in [3.05, 3.63) is 35.4 Å². The summed E-state index contributed by atoms with van der Waals surface area (Å²) in [6.07, 6.45) is 3.82. The maximum atomic E-state index is 12.4. The second-order valence-electron chi connectivity index (χ2n) is 6.37. The minimum Gasteiger partial charge on any atom is -0.299 e. The van der Waals surface area contributed by atoms with Gasteiger partial charge >= 0.3 is 0 Å². The van der Waals surface area contributed by atoms with E-state index in [1.54, 1.807) is 0 Å². The van der Waals surface area contributed by atoms with Gasteiger partial charge in [0.1, 0.15) is 0 Å². The molecule has 3 rings (SSSR count). The number of hydrogen-bond acceptors (Lipinski definition) is 3. The molecule has 0 aliphatic carbocycles. The number of carbonyl (C=O) groups excluding carboxylic acids is 1. The number of ketones is 1. The highest BCUT2D eigenvalue weighted by atomic mass is 16.1. The second kappa shape index (κ2) is 5.66. The van der Waals surface area contributed by atoms with Crippen LogP contribution in [0.15, 0.2) is 24.3 Å². The standard InChI is InChI=1S/C17H24N2O/c1-13-4-3-5-14(10-13)17(20)12-19-9-8-15-6-7-16(11-19)18(15)2/h3-5,10,15-16H,6-9,11-12H2,1-2H3. The van der Waals surface area contributed by atoms with E-state index in [-0.39, 0.29) is 5.78 Å². The van der Waals surface area contributed by atoms with Crippen LogP contribution in [0.1, 0.15) is 35.2 Å². The third-order valence-corrected chi connectivity index (χ3v) is 4.94. The van der Waals surface area contributed by atoms with E-state index in [0.29, 0.717) is 12.6 Å². The van der Waals surface area contributed by atoms with Gasteiger partial charge in [-0.05, 0) is 39.3 Å². The zero-order valence-corrected chi connectivity index (χ0v) is 12.5. The zero-order valence-electron chi connectivity index (χ0n) is 12.5. The fourth-order valence-electron chi connectivity index (χ4n) is 3.64. The van der Waals surface area contributed by atoms with E-state index in [2.05, 4.69) is 16.8 Å². The van der Waals surface area contributed by atoms with Gasteiger partial charge < -0.3 is 0 Å². The summed E-state index contributed by atoms with van der Waals surface area (Å²) in [7, 11) is 2.24. The van der Waals surface area contributed by atoms with Gasteiger partial charge in [-0.1, -0.05) is 23.8 Å². The molecule has 0 spiro atoms. The minimum atomic E-state index is 0.258. The largest absolute Gasteiger partial charge is 0.299 e. The van der Waals surface area contributed by atoms with Gasteiger partial charge in [-0.15, -0.1) is 0 Å². The van der Waals surface area contributed by atoms with Crippen molar-refractivity contribution in [3.63, 3.8) is 0 Å². The van der Waals surface area contributed by atoms with Crippen molar-refractivity contribution in [1.82, 2.24) is 9.80 Å². The van der Waals surface area contributed by atoms with Crippen molar-refractivity contribution in [1.29, 1.82) is 0 Å². The van der Waals surface area contributed by atoms with E-state index in [0.717, 1.165) is 30.3 Å². The van der Waals surface area contributed by atoms with Gasteiger partial charge in [-0.2, -0.15) is 0 Å². The van der Waals surface area contributed by atoms with Crippen LogP contribution in [-0.4, -0.2) is 54.3 Å². The Morgan fingerprint density at radius 3 is 2.85 bits per heavy atom. The first-order valence-corrected chi connectivity index (χ1v) is 7.67. The Balaban J connectivity index is 1.65. The number of benzene rings is 1. The summed E-state index contributed by atoms with van der Waals surface area (Å²) in [5.41, 5.74) is 2.01. The number of Topliss-reactive ketones (excluding diaryl/α,β-unsaturated/α-hetero) is 1. The molecule has 2 heterocycles. The molecule has 0 N–H and O–H groups in total. The molecule has 2 atom stereocenters. The molecule has 2 saturated heterocycles. The van der Waals surface area contributed by atoms with E-state index < -0.39 is 0 Å². The summed E-state index contributed by atoms with van der Waals surface area (Å²) in [6.45, 7) is 4.71. The van der Waals surface area contributed by atoms with Crippen LogP contribution in [0.2, 0.25) is 0 Å². The second-order valence-corrected chi connectivity index (χ2v) is 6.37. The highest BCUT2D eigenvalue weighted by Gasteiger charge is 2.34. The number of hydrogen-bond donors (Lipinski definition) is 0. The number of carbonyl (C=O) groups is 1. The molecule has 3 nitrogen and oxygen atoms in total. The summed E-state index contributed by atoms with van der Waals surface area (Å²) in [4.78, 5) is 17.3. The van der Waals surface area contributed by atoms with Crippen LogP contribution in [-0.2, 0) is 0 Å². The Hall–Kier alpha value is -1.19. The van der Waals surface area contributed by atoms with Crippen molar-refractivity contribution < 1.29 is 4.79 Å². The highest BCUT2D eigenvalue weighted by molar-refractivity contribution is 5.97. The fourth-order valence-corrected chi connectivity index (χ4v) is 3.64. The van der Waals surface area contributed by atoms with Gasteiger partial charge in [0.25, 0.3) is 0 Å². The summed E-state index contributed by atoms with van der Waals surface area (Å²) in [5, 5.41) is 0. The Kier molecular flexibility index (Phi) is 3.90. The predicted molar refractivity (Wildman–Crippen MR) is 81.1 cm³/mol. The van der Waals surface area contributed by atoms with E-state index in [4.69, 9.17) is 0 Å². The molecule has 3 heteroatoms. The van der Waals surface area contributed by atoms with Gasteiger partial charge in [0.2, 0.25) is 0 Å². The molecule has 2 fully saturated rings. The zero-order chi connectivity index (χ0) is 14.1. The number of rotatable bonds is 3. The number of nitrogens with zero attached hydrogens (tertiary/aromatic N) is 2. The molecule has 2 aliphatic heterocycles. The molecule has 0 radical (unpaired) electrons. The highest BCUT2D eigenvalue weighted by Crippen LogP contribution is 2.28.